The fourth-order valence-electron chi connectivity index (χ4n) is 2.25. The molecule has 0 aliphatic rings. The van der Waals surface area contributed by atoms with Gasteiger partial charge in [0.2, 0.25) is 5.13 Å². The van der Waals surface area contributed by atoms with Crippen LogP contribution in [0.1, 0.15) is 21.7 Å². The molecule has 128 valence electrons. The number of ether oxygens (including phenoxy) is 1. The van der Waals surface area contributed by atoms with E-state index < -0.39 is 0 Å². The second kappa shape index (κ2) is 7.90. The van der Waals surface area contributed by atoms with Crippen molar-refractivity contribution in [2.45, 2.75) is 20.3 Å². The van der Waals surface area contributed by atoms with Gasteiger partial charge in [0.1, 0.15) is 10.8 Å². The largest absolute Gasteiger partial charge is 0.484 e. The molecule has 0 saturated heterocycles. The molecule has 0 saturated carbocycles. The van der Waals surface area contributed by atoms with E-state index in [0.717, 1.165) is 16.1 Å². The Kier molecular flexibility index (Phi) is 5.40. The van der Waals surface area contributed by atoms with Crippen LogP contribution in [-0.4, -0.2) is 22.7 Å². The Morgan fingerprint density at radius 2 is 1.88 bits per heavy atom. The topological polar surface area (TPSA) is 64.1 Å². The van der Waals surface area contributed by atoms with Crippen molar-refractivity contribution < 1.29 is 9.53 Å². The fourth-order valence-corrected chi connectivity index (χ4v) is 3.04. The average Bonchev–Trinajstić information content (AvgIpc) is 3.03. The van der Waals surface area contributed by atoms with Gasteiger partial charge in [-0.2, -0.15) is 0 Å². The minimum atomic E-state index is -0.249. The molecule has 6 heteroatoms. The van der Waals surface area contributed by atoms with E-state index in [1.165, 1.54) is 16.9 Å². The van der Waals surface area contributed by atoms with Crippen LogP contribution in [0.3, 0.4) is 0 Å². The van der Waals surface area contributed by atoms with Crippen molar-refractivity contribution in [1.29, 1.82) is 0 Å². The Morgan fingerprint density at radius 1 is 1.08 bits per heavy atom. The highest BCUT2D eigenvalue weighted by Crippen LogP contribution is 2.19. The number of amides is 1. The molecule has 0 fully saturated rings. The number of hydrogen-bond acceptors (Lipinski definition) is 5. The second-order valence-electron chi connectivity index (χ2n) is 5.75. The summed E-state index contributed by atoms with van der Waals surface area (Å²) in [6.07, 6.45) is 0.702. The number of aromatic nitrogens is 2. The molecule has 0 spiro atoms. The van der Waals surface area contributed by atoms with Crippen molar-refractivity contribution >= 4 is 22.4 Å². The smallest absolute Gasteiger partial charge is 0.264 e. The summed E-state index contributed by atoms with van der Waals surface area (Å²) in [5.41, 5.74) is 3.48. The summed E-state index contributed by atoms with van der Waals surface area (Å²) in [5.74, 6) is 0.431. The summed E-state index contributed by atoms with van der Waals surface area (Å²) < 4.78 is 5.52. The van der Waals surface area contributed by atoms with Crippen molar-refractivity contribution in [3.8, 4) is 5.75 Å². The van der Waals surface area contributed by atoms with Gasteiger partial charge in [0.25, 0.3) is 5.91 Å². The van der Waals surface area contributed by atoms with E-state index in [4.69, 9.17) is 4.74 Å². The molecule has 1 N–H and O–H groups in total. The first-order valence-electron chi connectivity index (χ1n) is 7.96. The van der Waals surface area contributed by atoms with Crippen LogP contribution in [0.4, 0.5) is 5.13 Å². The van der Waals surface area contributed by atoms with Crippen molar-refractivity contribution in [2.24, 2.45) is 0 Å². The summed E-state index contributed by atoms with van der Waals surface area (Å²) in [4.78, 5) is 12.0. The molecule has 0 atom stereocenters. The summed E-state index contributed by atoms with van der Waals surface area (Å²) >= 11 is 1.37. The van der Waals surface area contributed by atoms with E-state index in [0.29, 0.717) is 17.3 Å². The first kappa shape index (κ1) is 17.1. The molecular weight excluding hydrogens is 334 g/mol. The molecule has 1 heterocycles. The van der Waals surface area contributed by atoms with Gasteiger partial charge in [-0.15, -0.1) is 10.2 Å². The molecule has 25 heavy (non-hydrogen) atoms. The Morgan fingerprint density at radius 3 is 2.64 bits per heavy atom. The maximum Gasteiger partial charge on any atom is 0.264 e. The standard InChI is InChI=1S/C19H19N3O2S/c1-13-8-9-16(10-14(13)2)24-12-17(23)20-19-22-21-18(25-19)11-15-6-4-3-5-7-15/h3-10H,11-12H2,1-2H3,(H,20,22,23). The number of hydrogen-bond donors (Lipinski definition) is 1. The van der Waals surface area contributed by atoms with Crippen LogP contribution in [-0.2, 0) is 11.2 Å². The maximum absolute atomic E-state index is 12.0. The molecule has 3 aromatic rings. The van der Waals surface area contributed by atoms with Crippen LogP contribution in [0, 0.1) is 13.8 Å². The van der Waals surface area contributed by atoms with Crippen LogP contribution in [0.25, 0.3) is 0 Å². The van der Waals surface area contributed by atoms with E-state index in [1.54, 1.807) is 0 Å². The van der Waals surface area contributed by atoms with Gasteiger partial charge in [0.05, 0.1) is 0 Å². The number of nitrogens with one attached hydrogen (secondary N) is 1. The van der Waals surface area contributed by atoms with Gasteiger partial charge in [0, 0.05) is 6.42 Å². The molecule has 5 nitrogen and oxygen atoms in total. The number of anilines is 1. The zero-order chi connectivity index (χ0) is 17.6. The highest BCUT2D eigenvalue weighted by molar-refractivity contribution is 7.15. The van der Waals surface area contributed by atoms with Crippen molar-refractivity contribution in [2.75, 3.05) is 11.9 Å². The number of nitrogens with zero attached hydrogens (tertiary/aromatic N) is 2. The van der Waals surface area contributed by atoms with Crippen LogP contribution >= 0.6 is 11.3 Å². The highest BCUT2D eigenvalue weighted by atomic mass is 32.1. The van der Waals surface area contributed by atoms with Gasteiger partial charge < -0.3 is 4.74 Å². The molecular formula is C19H19N3O2S. The monoisotopic (exact) mass is 353 g/mol. The lowest BCUT2D eigenvalue weighted by Crippen LogP contribution is -2.20. The molecule has 2 aromatic carbocycles. The minimum Gasteiger partial charge on any atom is -0.484 e. The van der Waals surface area contributed by atoms with E-state index in [9.17, 15) is 4.79 Å². The third kappa shape index (κ3) is 4.87. The third-order valence-electron chi connectivity index (χ3n) is 3.76. The number of rotatable bonds is 6. The summed E-state index contributed by atoms with van der Waals surface area (Å²) in [7, 11) is 0. The summed E-state index contributed by atoms with van der Waals surface area (Å²) in [5, 5.41) is 12.2. The Bertz CT molecular complexity index is 862. The quantitative estimate of drug-likeness (QED) is 0.733. The van der Waals surface area contributed by atoms with Gasteiger partial charge in [-0.05, 0) is 42.7 Å². The second-order valence-corrected chi connectivity index (χ2v) is 6.81. The van der Waals surface area contributed by atoms with Crippen molar-refractivity contribution in [3.05, 3.63) is 70.2 Å². The molecule has 1 aromatic heterocycles. The normalized spacial score (nSPS) is 10.5. The average molecular weight is 353 g/mol. The molecule has 3 rings (SSSR count). The lowest BCUT2D eigenvalue weighted by Gasteiger charge is -2.07. The lowest BCUT2D eigenvalue weighted by molar-refractivity contribution is -0.118. The van der Waals surface area contributed by atoms with Gasteiger partial charge in [0.15, 0.2) is 6.61 Å². The molecule has 0 radical (unpaired) electrons. The summed E-state index contributed by atoms with van der Waals surface area (Å²) in [6, 6.07) is 15.8. The number of benzene rings is 2. The zero-order valence-corrected chi connectivity index (χ0v) is 15.0. The lowest BCUT2D eigenvalue weighted by atomic mass is 10.1. The van der Waals surface area contributed by atoms with E-state index in [-0.39, 0.29) is 12.5 Å². The van der Waals surface area contributed by atoms with Gasteiger partial charge >= 0.3 is 0 Å². The van der Waals surface area contributed by atoms with E-state index >= 15 is 0 Å². The SMILES string of the molecule is Cc1ccc(OCC(=O)Nc2nnc(Cc3ccccc3)s2)cc1C. The fraction of sp³-hybridized carbons (Fsp3) is 0.211. The third-order valence-corrected chi connectivity index (χ3v) is 4.60. The van der Waals surface area contributed by atoms with Crippen LogP contribution in [0.15, 0.2) is 48.5 Å². The maximum atomic E-state index is 12.0. The Balaban J connectivity index is 1.52. The van der Waals surface area contributed by atoms with Crippen molar-refractivity contribution in [1.82, 2.24) is 10.2 Å². The zero-order valence-electron chi connectivity index (χ0n) is 14.2. The molecule has 0 unspecified atom stereocenters. The number of carbonyl (C=O) groups excluding carboxylic acids is 1. The number of aryl methyl sites for hydroxylation is 2. The van der Waals surface area contributed by atoms with Gasteiger partial charge in [-0.25, -0.2) is 0 Å². The van der Waals surface area contributed by atoms with Gasteiger partial charge in [-0.3, -0.25) is 10.1 Å². The highest BCUT2D eigenvalue weighted by Gasteiger charge is 2.09. The van der Waals surface area contributed by atoms with Crippen LogP contribution < -0.4 is 10.1 Å². The van der Waals surface area contributed by atoms with Crippen LogP contribution in [0.2, 0.25) is 0 Å². The minimum absolute atomic E-state index is 0.0594. The van der Waals surface area contributed by atoms with Crippen LogP contribution in [0.5, 0.6) is 5.75 Å². The first-order chi connectivity index (χ1) is 12.1. The van der Waals surface area contributed by atoms with Gasteiger partial charge in [-0.1, -0.05) is 47.7 Å². The predicted molar refractivity (Wildman–Crippen MR) is 99.2 cm³/mol. The Labute approximate surface area is 150 Å². The molecule has 0 aliphatic heterocycles. The molecule has 1 amide bonds. The van der Waals surface area contributed by atoms with E-state index in [1.807, 2.05) is 62.4 Å². The summed E-state index contributed by atoms with van der Waals surface area (Å²) in [6.45, 7) is 3.99. The molecule has 0 aliphatic carbocycles. The Hall–Kier alpha value is -2.73. The van der Waals surface area contributed by atoms with Crippen molar-refractivity contribution in [3.63, 3.8) is 0 Å². The van der Waals surface area contributed by atoms with E-state index in [2.05, 4.69) is 15.5 Å². The first-order valence-corrected chi connectivity index (χ1v) is 8.78. The number of carbonyl (C=O) groups is 1. The molecule has 0 bridgehead atoms. The predicted octanol–water partition coefficient (Wildman–Crippen LogP) is 3.76.